The fourth-order valence-electron chi connectivity index (χ4n) is 2.40. The predicted molar refractivity (Wildman–Crippen MR) is 88.3 cm³/mol. The third kappa shape index (κ3) is 4.79. The van der Waals surface area contributed by atoms with Gasteiger partial charge in [-0.3, -0.25) is 4.90 Å². The lowest BCUT2D eigenvalue weighted by molar-refractivity contribution is 0.0698. The number of anilines is 2. The third-order valence-electron chi connectivity index (χ3n) is 3.34. The van der Waals surface area contributed by atoms with E-state index in [-0.39, 0.29) is 5.56 Å². The lowest BCUT2D eigenvalue weighted by Gasteiger charge is -2.30. The number of nitrogens with two attached hydrogens (primary N) is 1. The van der Waals surface area contributed by atoms with Crippen molar-refractivity contribution in [1.82, 2.24) is 4.90 Å². The van der Waals surface area contributed by atoms with Gasteiger partial charge in [0.1, 0.15) is 0 Å². The Kier molecular flexibility index (Phi) is 6.30. The van der Waals surface area contributed by atoms with Crippen molar-refractivity contribution in [2.75, 3.05) is 24.1 Å². The van der Waals surface area contributed by atoms with Crippen LogP contribution < -0.4 is 11.1 Å². The average molecular weight is 314 g/mol. The highest BCUT2D eigenvalue weighted by Gasteiger charge is 2.16. The van der Waals surface area contributed by atoms with Crippen LogP contribution in [0.15, 0.2) is 12.1 Å². The molecule has 0 spiro atoms. The first-order valence-corrected chi connectivity index (χ1v) is 7.43. The first-order valence-electron chi connectivity index (χ1n) is 7.06. The number of carboxylic acid groups (broad SMARTS) is 1. The van der Waals surface area contributed by atoms with E-state index < -0.39 is 5.97 Å². The van der Waals surface area contributed by atoms with Gasteiger partial charge in [-0.2, -0.15) is 0 Å². The Balaban J connectivity index is 2.82. The zero-order valence-corrected chi connectivity index (χ0v) is 13.7. The van der Waals surface area contributed by atoms with Crippen LogP contribution in [-0.4, -0.2) is 41.1 Å². The summed E-state index contributed by atoms with van der Waals surface area (Å²) >= 11 is 6.10. The molecule has 0 heterocycles. The molecular weight excluding hydrogens is 290 g/mol. The van der Waals surface area contributed by atoms with E-state index in [0.717, 1.165) is 6.54 Å². The molecule has 6 heteroatoms. The molecular formula is C15H24ClN3O2. The van der Waals surface area contributed by atoms with Crippen molar-refractivity contribution in [3.8, 4) is 0 Å². The van der Waals surface area contributed by atoms with Gasteiger partial charge in [-0.1, -0.05) is 11.6 Å². The third-order valence-corrected chi connectivity index (χ3v) is 3.64. The van der Waals surface area contributed by atoms with Gasteiger partial charge < -0.3 is 16.2 Å². The minimum absolute atomic E-state index is 0.0978. The number of rotatable bonds is 7. The van der Waals surface area contributed by atoms with Crippen LogP contribution >= 0.6 is 11.6 Å². The first-order chi connectivity index (χ1) is 9.73. The summed E-state index contributed by atoms with van der Waals surface area (Å²) in [5, 5.41) is 12.7. The Morgan fingerprint density at radius 3 is 2.38 bits per heavy atom. The fraction of sp³-hybridized carbons (Fsp3) is 0.533. The second kappa shape index (κ2) is 7.52. The van der Waals surface area contributed by atoms with Crippen LogP contribution in [0.4, 0.5) is 11.4 Å². The zero-order valence-electron chi connectivity index (χ0n) is 13.0. The van der Waals surface area contributed by atoms with Crippen LogP contribution in [0.2, 0.25) is 5.02 Å². The summed E-state index contributed by atoms with van der Waals surface area (Å²) < 4.78 is 0. The van der Waals surface area contributed by atoms with Crippen LogP contribution in [0.1, 0.15) is 38.1 Å². The second-order valence-electron chi connectivity index (χ2n) is 5.58. The van der Waals surface area contributed by atoms with Crippen molar-refractivity contribution in [3.05, 3.63) is 22.7 Å². The van der Waals surface area contributed by atoms with Gasteiger partial charge in [-0.05, 0) is 39.8 Å². The number of aromatic carboxylic acids is 1. The normalized spacial score (nSPS) is 11.4. The van der Waals surface area contributed by atoms with Crippen molar-refractivity contribution in [1.29, 1.82) is 0 Å². The lowest BCUT2D eigenvalue weighted by atomic mass is 10.1. The van der Waals surface area contributed by atoms with E-state index >= 15 is 0 Å². The van der Waals surface area contributed by atoms with Crippen molar-refractivity contribution in [3.63, 3.8) is 0 Å². The van der Waals surface area contributed by atoms with Crippen LogP contribution in [0.5, 0.6) is 0 Å². The standard InChI is InChI=1S/C15H24ClN3O2/c1-9(2)19(10(3)4)6-5-18-14-12(15(20)21)7-11(17)8-13(14)16/h7-10,18H,5-6,17H2,1-4H3,(H,20,21). The predicted octanol–water partition coefficient (Wildman–Crippen LogP) is 3.15. The molecule has 0 saturated heterocycles. The summed E-state index contributed by atoms with van der Waals surface area (Å²) in [5.74, 6) is -1.05. The van der Waals surface area contributed by atoms with E-state index in [1.165, 1.54) is 6.07 Å². The molecule has 0 aliphatic rings. The van der Waals surface area contributed by atoms with Gasteiger partial charge in [0.25, 0.3) is 0 Å². The molecule has 1 rings (SSSR count). The minimum atomic E-state index is -1.05. The van der Waals surface area contributed by atoms with Crippen LogP contribution in [0.3, 0.4) is 0 Å². The number of carbonyl (C=O) groups is 1. The van der Waals surface area contributed by atoms with Crippen LogP contribution in [-0.2, 0) is 0 Å². The highest BCUT2D eigenvalue weighted by Crippen LogP contribution is 2.29. The molecule has 0 atom stereocenters. The monoisotopic (exact) mass is 313 g/mol. The van der Waals surface area contributed by atoms with E-state index in [1.807, 2.05) is 0 Å². The molecule has 0 unspecified atom stereocenters. The van der Waals surface area contributed by atoms with E-state index in [0.29, 0.717) is 35.0 Å². The quantitative estimate of drug-likeness (QED) is 0.674. The summed E-state index contributed by atoms with van der Waals surface area (Å²) in [6.45, 7) is 9.96. The highest BCUT2D eigenvalue weighted by atomic mass is 35.5. The van der Waals surface area contributed by atoms with Crippen LogP contribution in [0, 0.1) is 0 Å². The van der Waals surface area contributed by atoms with Gasteiger partial charge in [0.2, 0.25) is 0 Å². The summed E-state index contributed by atoms with van der Waals surface area (Å²) in [7, 11) is 0. The largest absolute Gasteiger partial charge is 0.478 e. The number of halogens is 1. The van der Waals surface area contributed by atoms with Gasteiger partial charge in [0.05, 0.1) is 16.3 Å². The maximum atomic E-state index is 11.3. The van der Waals surface area contributed by atoms with Crippen molar-refractivity contribution >= 4 is 28.9 Å². The Hall–Kier alpha value is -1.46. The van der Waals surface area contributed by atoms with E-state index in [1.54, 1.807) is 6.07 Å². The van der Waals surface area contributed by atoms with Gasteiger partial charge in [0, 0.05) is 30.9 Å². The molecule has 21 heavy (non-hydrogen) atoms. The highest BCUT2D eigenvalue weighted by molar-refractivity contribution is 6.34. The summed E-state index contributed by atoms with van der Waals surface area (Å²) in [6, 6.07) is 3.82. The van der Waals surface area contributed by atoms with E-state index in [2.05, 4.69) is 37.9 Å². The molecule has 0 radical (unpaired) electrons. The smallest absolute Gasteiger partial charge is 0.337 e. The van der Waals surface area contributed by atoms with Gasteiger partial charge in [0.15, 0.2) is 0 Å². The summed E-state index contributed by atoms with van der Waals surface area (Å²) in [4.78, 5) is 13.6. The molecule has 5 nitrogen and oxygen atoms in total. The fourth-order valence-corrected chi connectivity index (χ4v) is 2.69. The number of nitrogens with one attached hydrogen (secondary N) is 1. The number of carboxylic acids is 1. The molecule has 4 N–H and O–H groups in total. The Morgan fingerprint density at radius 1 is 1.33 bits per heavy atom. The lowest BCUT2D eigenvalue weighted by Crippen LogP contribution is -2.40. The summed E-state index contributed by atoms with van der Waals surface area (Å²) in [5.41, 5.74) is 6.50. The number of nitrogen functional groups attached to an aromatic ring is 1. The van der Waals surface area contributed by atoms with Gasteiger partial charge in [-0.25, -0.2) is 4.79 Å². The Morgan fingerprint density at radius 2 is 1.90 bits per heavy atom. The molecule has 1 aromatic rings. The maximum absolute atomic E-state index is 11.3. The van der Waals surface area contributed by atoms with E-state index in [4.69, 9.17) is 17.3 Å². The first kappa shape index (κ1) is 17.6. The van der Waals surface area contributed by atoms with Crippen LogP contribution in [0.25, 0.3) is 0 Å². The van der Waals surface area contributed by atoms with Gasteiger partial charge >= 0.3 is 5.97 Å². The molecule has 0 aliphatic carbocycles. The minimum Gasteiger partial charge on any atom is -0.478 e. The molecule has 0 aliphatic heterocycles. The molecule has 0 saturated carbocycles. The number of benzene rings is 1. The SMILES string of the molecule is CC(C)N(CCNc1c(Cl)cc(N)cc1C(=O)O)C(C)C. The van der Waals surface area contributed by atoms with Crippen molar-refractivity contribution in [2.24, 2.45) is 0 Å². The molecule has 0 bridgehead atoms. The van der Waals surface area contributed by atoms with Crippen molar-refractivity contribution in [2.45, 2.75) is 39.8 Å². The molecule has 0 amide bonds. The molecule has 1 aromatic carbocycles. The summed E-state index contributed by atoms with van der Waals surface area (Å²) in [6.07, 6.45) is 0. The number of hydrogen-bond acceptors (Lipinski definition) is 4. The van der Waals surface area contributed by atoms with E-state index in [9.17, 15) is 9.90 Å². The topological polar surface area (TPSA) is 78.6 Å². The molecule has 0 aromatic heterocycles. The Bertz CT molecular complexity index is 496. The van der Waals surface area contributed by atoms with Gasteiger partial charge in [-0.15, -0.1) is 0 Å². The maximum Gasteiger partial charge on any atom is 0.337 e. The average Bonchev–Trinajstić information content (AvgIpc) is 2.34. The Labute approximate surface area is 131 Å². The zero-order chi connectivity index (χ0) is 16.2. The van der Waals surface area contributed by atoms with Crippen molar-refractivity contribution < 1.29 is 9.90 Å². The molecule has 118 valence electrons. The number of hydrogen-bond donors (Lipinski definition) is 3. The molecule has 0 fully saturated rings. The second-order valence-corrected chi connectivity index (χ2v) is 5.99. The number of nitrogens with zero attached hydrogens (tertiary/aromatic N) is 1.